The summed E-state index contributed by atoms with van der Waals surface area (Å²) in [7, 11) is 0. The van der Waals surface area contributed by atoms with Gasteiger partial charge in [0.05, 0.1) is 0 Å². The number of carboxylic acids is 1. The Morgan fingerprint density at radius 3 is 2.32 bits per heavy atom. The Morgan fingerprint density at radius 1 is 1.21 bits per heavy atom. The van der Waals surface area contributed by atoms with Crippen molar-refractivity contribution < 1.29 is 24.2 Å². The summed E-state index contributed by atoms with van der Waals surface area (Å²) in [6, 6.07) is 7.32. The van der Waals surface area contributed by atoms with Crippen molar-refractivity contribution in [2.45, 2.75) is 55.8 Å². The van der Waals surface area contributed by atoms with Gasteiger partial charge < -0.3 is 19.5 Å². The highest BCUT2D eigenvalue weighted by atomic mass is 32.2. The molecule has 1 aliphatic rings. The summed E-state index contributed by atoms with van der Waals surface area (Å²) >= 11 is 1.32. The normalized spacial score (nSPS) is 15.9. The number of hydrogen-bond acceptors (Lipinski definition) is 5. The summed E-state index contributed by atoms with van der Waals surface area (Å²) in [4.78, 5) is 26.7. The lowest BCUT2D eigenvalue weighted by Gasteiger charge is -2.38. The topological polar surface area (TPSA) is 76.1 Å². The minimum Gasteiger partial charge on any atom is -0.481 e. The number of carbonyl (C=O) groups excluding carboxylic acids is 1. The average molecular weight is 406 g/mol. The van der Waals surface area contributed by atoms with Crippen LogP contribution in [0.3, 0.4) is 0 Å². The molecule has 0 spiro atoms. The van der Waals surface area contributed by atoms with E-state index in [1.54, 1.807) is 11.8 Å². The second kappa shape index (κ2) is 9.24. The fraction of sp³-hybridized carbons (Fsp3) is 0.524. The molecule has 1 aliphatic heterocycles. The van der Waals surface area contributed by atoms with Gasteiger partial charge in [0.1, 0.15) is 22.7 Å². The van der Waals surface area contributed by atoms with Gasteiger partial charge in [-0.1, -0.05) is 5.92 Å². The van der Waals surface area contributed by atoms with E-state index in [0.717, 1.165) is 4.90 Å². The highest BCUT2D eigenvalue weighted by molar-refractivity contribution is 8.01. The largest absolute Gasteiger partial charge is 0.481 e. The first-order valence-corrected chi connectivity index (χ1v) is 10.00. The molecule has 0 atom stereocenters. The molecule has 152 valence electrons. The van der Waals surface area contributed by atoms with Gasteiger partial charge >= 0.3 is 12.1 Å². The van der Waals surface area contributed by atoms with E-state index in [0.29, 0.717) is 38.3 Å². The van der Waals surface area contributed by atoms with Gasteiger partial charge in [-0.25, -0.2) is 4.79 Å². The first-order valence-electron chi connectivity index (χ1n) is 9.18. The number of ether oxygens (including phenoxy) is 2. The van der Waals surface area contributed by atoms with Crippen LogP contribution in [-0.4, -0.2) is 52.1 Å². The Bertz CT molecular complexity index is 750. The van der Waals surface area contributed by atoms with Crippen LogP contribution in [0.15, 0.2) is 29.2 Å². The molecule has 28 heavy (non-hydrogen) atoms. The van der Waals surface area contributed by atoms with E-state index in [4.69, 9.17) is 9.47 Å². The summed E-state index contributed by atoms with van der Waals surface area (Å²) in [5.41, 5.74) is -0.570. The maximum atomic E-state index is 12.2. The summed E-state index contributed by atoms with van der Waals surface area (Å²) in [6.07, 6.45) is 0.320. The minimum atomic E-state index is -0.964. The SMILES string of the molecule is CC#CCOc1ccc(SC2(C(=O)O)CCN(C(=O)OC(C)(C)C)CC2)cc1. The Balaban J connectivity index is 2.01. The fourth-order valence-corrected chi connectivity index (χ4v) is 3.96. The number of carbonyl (C=O) groups is 2. The standard InChI is InChI=1S/C21H27NO5S/c1-5-6-15-26-16-7-9-17(10-8-16)28-21(18(23)24)11-13-22(14-12-21)19(25)27-20(2,3)4/h7-10H,11-15H2,1-4H3,(H,23,24). The lowest BCUT2D eigenvalue weighted by atomic mass is 9.96. The second-order valence-electron chi connectivity index (χ2n) is 7.56. The van der Waals surface area contributed by atoms with Crippen LogP contribution in [0.1, 0.15) is 40.5 Å². The average Bonchev–Trinajstić information content (AvgIpc) is 2.62. The zero-order valence-corrected chi connectivity index (χ0v) is 17.6. The van der Waals surface area contributed by atoms with Gasteiger partial charge in [-0.2, -0.15) is 0 Å². The molecule has 0 saturated carbocycles. The van der Waals surface area contributed by atoms with Crippen molar-refractivity contribution >= 4 is 23.8 Å². The maximum Gasteiger partial charge on any atom is 0.410 e. The smallest absolute Gasteiger partial charge is 0.410 e. The number of likely N-dealkylation sites (tertiary alicyclic amines) is 1. The third kappa shape index (κ3) is 6.10. The molecule has 2 rings (SSSR count). The van der Waals surface area contributed by atoms with Crippen molar-refractivity contribution in [3.8, 4) is 17.6 Å². The van der Waals surface area contributed by atoms with Crippen LogP contribution < -0.4 is 4.74 Å². The minimum absolute atomic E-state index is 0.322. The van der Waals surface area contributed by atoms with Gasteiger partial charge in [0.2, 0.25) is 0 Å². The zero-order valence-electron chi connectivity index (χ0n) is 16.8. The molecule has 1 heterocycles. The van der Waals surface area contributed by atoms with Crippen LogP contribution in [0.25, 0.3) is 0 Å². The van der Waals surface area contributed by atoms with Crippen molar-refractivity contribution in [1.29, 1.82) is 0 Å². The molecular weight excluding hydrogens is 378 g/mol. The number of piperidine rings is 1. The monoisotopic (exact) mass is 405 g/mol. The van der Waals surface area contributed by atoms with Crippen LogP contribution >= 0.6 is 11.8 Å². The number of benzene rings is 1. The van der Waals surface area contributed by atoms with Crippen molar-refractivity contribution in [2.75, 3.05) is 19.7 Å². The van der Waals surface area contributed by atoms with E-state index in [1.165, 1.54) is 11.8 Å². The molecule has 1 amide bonds. The molecule has 1 N–H and O–H groups in total. The number of nitrogens with zero attached hydrogens (tertiary/aromatic N) is 1. The number of hydrogen-bond donors (Lipinski definition) is 1. The number of thioether (sulfide) groups is 1. The molecule has 6 nitrogen and oxygen atoms in total. The van der Waals surface area contributed by atoms with E-state index in [2.05, 4.69) is 11.8 Å². The van der Waals surface area contributed by atoms with Gasteiger partial charge in [0.15, 0.2) is 0 Å². The van der Waals surface area contributed by atoms with Crippen LogP contribution in [0.4, 0.5) is 4.79 Å². The molecule has 0 aromatic heterocycles. The molecule has 7 heteroatoms. The number of amides is 1. The Morgan fingerprint density at radius 2 is 1.82 bits per heavy atom. The first-order chi connectivity index (χ1) is 13.1. The number of carboxylic acid groups (broad SMARTS) is 1. The summed E-state index contributed by atoms with van der Waals surface area (Å²) in [5.74, 6) is 5.42. The molecule has 1 aromatic rings. The molecule has 1 saturated heterocycles. The van der Waals surface area contributed by atoms with E-state index in [9.17, 15) is 14.7 Å². The molecule has 0 unspecified atom stereocenters. The van der Waals surface area contributed by atoms with Crippen molar-refractivity contribution in [2.24, 2.45) is 0 Å². The van der Waals surface area contributed by atoms with Crippen LogP contribution in [0, 0.1) is 11.8 Å². The predicted molar refractivity (Wildman–Crippen MR) is 109 cm³/mol. The third-order valence-electron chi connectivity index (χ3n) is 4.24. The predicted octanol–water partition coefficient (Wildman–Crippen LogP) is 4.04. The Hall–Kier alpha value is -2.33. The molecule has 0 bridgehead atoms. The molecule has 1 fully saturated rings. The lowest BCUT2D eigenvalue weighted by molar-refractivity contribution is -0.141. The zero-order chi connectivity index (χ0) is 20.8. The van der Waals surface area contributed by atoms with Crippen molar-refractivity contribution in [3.05, 3.63) is 24.3 Å². The van der Waals surface area contributed by atoms with Crippen LogP contribution in [0.2, 0.25) is 0 Å². The highest BCUT2D eigenvalue weighted by Crippen LogP contribution is 2.42. The number of aliphatic carboxylic acids is 1. The summed E-state index contributed by atoms with van der Waals surface area (Å²) < 4.78 is 9.91. The number of rotatable bonds is 5. The quantitative estimate of drug-likeness (QED) is 0.745. The molecule has 0 radical (unpaired) electrons. The maximum absolute atomic E-state index is 12.2. The second-order valence-corrected chi connectivity index (χ2v) is 9.01. The van der Waals surface area contributed by atoms with E-state index >= 15 is 0 Å². The van der Waals surface area contributed by atoms with E-state index in [1.807, 2.05) is 45.0 Å². The van der Waals surface area contributed by atoms with Gasteiger partial charge in [0.25, 0.3) is 0 Å². The molecule has 1 aromatic carbocycles. The van der Waals surface area contributed by atoms with E-state index < -0.39 is 22.4 Å². The van der Waals surface area contributed by atoms with Gasteiger partial charge in [-0.3, -0.25) is 4.79 Å². The van der Waals surface area contributed by atoms with Gasteiger partial charge in [0, 0.05) is 18.0 Å². The van der Waals surface area contributed by atoms with Crippen LogP contribution in [-0.2, 0) is 9.53 Å². The Labute approximate surface area is 170 Å². The summed E-state index contributed by atoms with van der Waals surface area (Å²) in [5, 5.41) is 9.86. The van der Waals surface area contributed by atoms with Crippen molar-refractivity contribution in [1.82, 2.24) is 4.90 Å². The highest BCUT2D eigenvalue weighted by Gasteiger charge is 2.44. The molecule has 0 aliphatic carbocycles. The van der Waals surface area contributed by atoms with E-state index in [-0.39, 0.29) is 0 Å². The van der Waals surface area contributed by atoms with Crippen LogP contribution in [0.5, 0.6) is 5.75 Å². The summed E-state index contributed by atoms with van der Waals surface area (Å²) in [6.45, 7) is 8.22. The lowest BCUT2D eigenvalue weighted by Crippen LogP contribution is -2.50. The molecular formula is C21H27NO5S. The Kier molecular flexibility index (Phi) is 7.25. The fourth-order valence-electron chi connectivity index (χ4n) is 2.76. The van der Waals surface area contributed by atoms with Gasteiger partial charge in [-0.15, -0.1) is 17.7 Å². The third-order valence-corrected chi connectivity index (χ3v) is 5.72. The van der Waals surface area contributed by atoms with Gasteiger partial charge in [-0.05, 0) is 64.8 Å². The first kappa shape index (κ1) is 22.0. The van der Waals surface area contributed by atoms with Crippen molar-refractivity contribution in [3.63, 3.8) is 0 Å².